The van der Waals surface area contributed by atoms with E-state index < -0.39 is 24.0 Å². The first-order valence-corrected chi connectivity index (χ1v) is 9.42. The summed E-state index contributed by atoms with van der Waals surface area (Å²) in [5.74, 6) is -1.92. The predicted octanol–water partition coefficient (Wildman–Crippen LogP) is 2.61. The Balaban J connectivity index is 2.15. The normalized spacial score (nSPS) is 13.7. The van der Waals surface area contributed by atoms with Crippen molar-refractivity contribution >= 4 is 28.7 Å². The number of carboxylic acids is 1. The maximum atomic E-state index is 12.8. The molecule has 2 rings (SSSR count). The van der Waals surface area contributed by atoms with Gasteiger partial charge in [-0.05, 0) is 29.9 Å². The van der Waals surface area contributed by atoms with Gasteiger partial charge in [-0.1, -0.05) is 39.0 Å². The maximum absolute atomic E-state index is 12.8. The van der Waals surface area contributed by atoms with E-state index in [2.05, 4.69) is 15.6 Å². The van der Waals surface area contributed by atoms with Crippen LogP contribution in [0.15, 0.2) is 30.5 Å². The lowest BCUT2D eigenvalue weighted by Gasteiger charge is -2.24. The van der Waals surface area contributed by atoms with Crippen molar-refractivity contribution in [1.29, 1.82) is 0 Å². The van der Waals surface area contributed by atoms with Gasteiger partial charge in [0.25, 0.3) is 0 Å². The molecule has 4 N–H and O–H groups in total. The number of fused-ring (bicyclic) bond motifs is 1. The zero-order valence-electron chi connectivity index (χ0n) is 16.8. The van der Waals surface area contributed by atoms with Gasteiger partial charge in [-0.25, -0.2) is 4.79 Å². The molecule has 7 heteroatoms. The first kappa shape index (κ1) is 21.5. The number of carbonyl (C=O) groups is 3. The molecule has 0 aliphatic rings. The lowest BCUT2D eigenvalue weighted by atomic mass is 9.88. The number of aromatic amines is 1. The lowest BCUT2D eigenvalue weighted by molar-refractivity contribution is -0.142. The number of benzene rings is 1. The van der Waals surface area contributed by atoms with Crippen LogP contribution in [-0.2, 0) is 20.8 Å². The molecule has 1 heterocycles. The third-order valence-corrected chi connectivity index (χ3v) is 4.59. The van der Waals surface area contributed by atoms with Crippen LogP contribution >= 0.6 is 0 Å². The van der Waals surface area contributed by atoms with E-state index in [-0.39, 0.29) is 17.7 Å². The summed E-state index contributed by atoms with van der Waals surface area (Å²) in [5.41, 5.74) is 1.78. The standard InChI is InChI=1S/C21H29N3O4/c1-13(25)23-18(11-14-12-22-16-8-6-5-7-15(14)16)19(26)24-17(20(27)28)9-10-21(2,3)4/h5-8,12,17-18,22H,9-11H2,1-4H3,(H,23,25)(H,24,26)(H,27,28). The van der Waals surface area contributed by atoms with Gasteiger partial charge < -0.3 is 20.7 Å². The summed E-state index contributed by atoms with van der Waals surface area (Å²) < 4.78 is 0. The maximum Gasteiger partial charge on any atom is 0.326 e. The molecule has 1 aromatic carbocycles. The molecule has 0 aliphatic heterocycles. The predicted molar refractivity (Wildman–Crippen MR) is 108 cm³/mol. The van der Waals surface area contributed by atoms with Crippen molar-refractivity contribution < 1.29 is 19.5 Å². The second-order valence-corrected chi connectivity index (χ2v) is 8.32. The summed E-state index contributed by atoms with van der Waals surface area (Å²) in [4.78, 5) is 39.1. The summed E-state index contributed by atoms with van der Waals surface area (Å²) in [6.07, 6.45) is 3.05. The molecule has 2 amide bonds. The van der Waals surface area contributed by atoms with Crippen molar-refractivity contribution in [3.8, 4) is 0 Å². The van der Waals surface area contributed by atoms with Crippen molar-refractivity contribution in [2.45, 2.75) is 59.0 Å². The average Bonchev–Trinajstić information content (AvgIpc) is 2.99. The minimum Gasteiger partial charge on any atom is -0.480 e. The monoisotopic (exact) mass is 387 g/mol. The van der Waals surface area contributed by atoms with Crippen LogP contribution in [0, 0.1) is 5.41 Å². The van der Waals surface area contributed by atoms with E-state index in [0.29, 0.717) is 12.8 Å². The third kappa shape index (κ3) is 6.11. The highest BCUT2D eigenvalue weighted by molar-refractivity contribution is 5.91. The van der Waals surface area contributed by atoms with Crippen LogP contribution in [0.4, 0.5) is 0 Å². The fourth-order valence-electron chi connectivity index (χ4n) is 3.08. The first-order chi connectivity index (χ1) is 13.1. The molecule has 0 saturated heterocycles. The minimum absolute atomic E-state index is 0.0422. The van der Waals surface area contributed by atoms with Crippen LogP contribution in [0.2, 0.25) is 0 Å². The Kier molecular flexibility index (Phi) is 6.83. The van der Waals surface area contributed by atoms with Crippen LogP contribution in [0.3, 0.4) is 0 Å². The van der Waals surface area contributed by atoms with Crippen LogP contribution in [0.5, 0.6) is 0 Å². The number of carbonyl (C=O) groups excluding carboxylic acids is 2. The highest BCUT2D eigenvalue weighted by atomic mass is 16.4. The average molecular weight is 387 g/mol. The fraction of sp³-hybridized carbons (Fsp3) is 0.476. The van der Waals surface area contributed by atoms with Gasteiger partial charge in [0.15, 0.2) is 0 Å². The third-order valence-electron chi connectivity index (χ3n) is 4.59. The Morgan fingerprint density at radius 3 is 2.39 bits per heavy atom. The van der Waals surface area contributed by atoms with E-state index in [1.54, 1.807) is 6.20 Å². The molecule has 2 aromatic rings. The van der Waals surface area contributed by atoms with Crippen molar-refractivity contribution in [3.05, 3.63) is 36.0 Å². The smallest absolute Gasteiger partial charge is 0.326 e. The number of aliphatic carboxylic acids is 1. The number of carboxylic acid groups (broad SMARTS) is 1. The number of nitrogens with one attached hydrogen (secondary N) is 3. The molecular formula is C21H29N3O4. The van der Waals surface area contributed by atoms with Crippen LogP contribution < -0.4 is 10.6 Å². The molecule has 28 heavy (non-hydrogen) atoms. The largest absolute Gasteiger partial charge is 0.480 e. The zero-order chi connectivity index (χ0) is 20.9. The Labute approximate surface area is 164 Å². The van der Waals surface area contributed by atoms with Crippen molar-refractivity contribution in [3.63, 3.8) is 0 Å². The summed E-state index contributed by atoms with van der Waals surface area (Å²) in [6, 6.07) is 5.83. The minimum atomic E-state index is -1.08. The molecule has 0 bridgehead atoms. The quantitative estimate of drug-likeness (QED) is 0.558. The van der Waals surface area contributed by atoms with Crippen LogP contribution in [-0.4, -0.2) is 40.0 Å². The number of rotatable bonds is 8. The van der Waals surface area contributed by atoms with Gasteiger partial charge in [0.1, 0.15) is 12.1 Å². The number of hydrogen-bond donors (Lipinski definition) is 4. The first-order valence-electron chi connectivity index (χ1n) is 9.42. The zero-order valence-corrected chi connectivity index (χ0v) is 16.8. The number of hydrogen-bond acceptors (Lipinski definition) is 3. The molecule has 0 spiro atoms. The van der Waals surface area contributed by atoms with E-state index in [1.165, 1.54) is 6.92 Å². The van der Waals surface area contributed by atoms with E-state index >= 15 is 0 Å². The summed E-state index contributed by atoms with van der Waals surface area (Å²) >= 11 is 0. The summed E-state index contributed by atoms with van der Waals surface area (Å²) in [7, 11) is 0. The van der Waals surface area contributed by atoms with E-state index in [9.17, 15) is 19.5 Å². The SMILES string of the molecule is CC(=O)NC(Cc1c[nH]c2ccccc12)C(=O)NC(CCC(C)(C)C)C(=O)O. The fourth-order valence-corrected chi connectivity index (χ4v) is 3.08. The highest BCUT2D eigenvalue weighted by Gasteiger charge is 2.27. The molecular weight excluding hydrogens is 358 g/mol. The number of H-pyrrole nitrogens is 1. The van der Waals surface area contributed by atoms with Gasteiger partial charge in [-0.2, -0.15) is 0 Å². The van der Waals surface area contributed by atoms with Crippen LogP contribution in [0.1, 0.15) is 46.1 Å². The topological polar surface area (TPSA) is 111 Å². The molecule has 0 saturated carbocycles. The molecule has 2 unspecified atom stereocenters. The van der Waals surface area contributed by atoms with Crippen molar-refractivity contribution in [2.24, 2.45) is 5.41 Å². The Hall–Kier alpha value is -2.83. The molecule has 0 radical (unpaired) electrons. The van der Waals surface area contributed by atoms with Crippen LogP contribution in [0.25, 0.3) is 10.9 Å². The van der Waals surface area contributed by atoms with Gasteiger partial charge in [0.05, 0.1) is 0 Å². The second kappa shape index (κ2) is 8.91. The molecule has 1 aromatic heterocycles. The van der Waals surface area contributed by atoms with Gasteiger partial charge in [-0.3, -0.25) is 9.59 Å². The Morgan fingerprint density at radius 2 is 1.79 bits per heavy atom. The second-order valence-electron chi connectivity index (χ2n) is 8.32. The summed E-state index contributed by atoms with van der Waals surface area (Å²) in [5, 5.41) is 15.7. The van der Waals surface area contributed by atoms with Gasteiger partial charge in [0, 0.05) is 30.4 Å². The van der Waals surface area contributed by atoms with Crippen molar-refractivity contribution in [2.75, 3.05) is 0 Å². The number of amides is 2. The number of aromatic nitrogens is 1. The van der Waals surface area contributed by atoms with E-state index in [4.69, 9.17) is 0 Å². The van der Waals surface area contributed by atoms with E-state index in [0.717, 1.165) is 16.5 Å². The van der Waals surface area contributed by atoms with E-state index in [1.807, 2.05) is 45.0 Å². The van der Waals surface area contributed by atoms with Crippen molar-refractivity contribution in [1.82, 2.24) is 15.6 Å². The summed E-state index contributed by atoms with van der Waals surface area (Å²) in [6.45, 7) is 7.39. The van der Waals surface area contributed by atoms with Gasteiger partial charge >= 0.3 is 5.97 Å². The molecule has 152 valence electrons. The van der Waals surface area contributed by atoms with Gasteiger partial charge in [0.2, 0.25) is 11.8 Å². The molecule has 0 fully saturated rings. The lowest BCUT2D eigenvalue weighted by Crippen LogP contribution is -2.52. The highest BCUT2D eigenvalue weighted by Crippen LogP contribution is 2.22. The molecule has 0 aliphatic carbocycles. The Bertz CT molecular complexity index is 851. The molecule has 7 nitrogen and oxygen atoms in total. The Morgan fingerprint density at radius 1 is 1.11 bits per heavy atom. The number of para-hydroxylation sites is 1. The van der Waals surface area contributed by atoms with Gasteiger partial charge in [-0.15, -0.1) is 0 Å². The molecule has 2 atom stereocenters.